The lowest BCUT2D eigenvalue weighted by atomic mass is 9.86. The van der Waals surface area contributed by atoms with Gasteiger partial charge in [0.15, 0.2) is 0 Å². The van der Waals surface area contributed by atoms with Crippen molar-refractivity contribution in [1.82, 2.24) is 10.2 Å². The minimum atomic E-state index is 0.811. The molecule has 2 aliphatic rings. The van der Waals surface area contributed by atoms with Gasteiger partial charge in [-0.1, -0.05) is 13.3 Å². The lowest BCUT2D eigenvalue weighted by Gasteiger charge is -2.41. The van der Waals surface area contributed by atoms with E-state index in [-0.39, 0.29) is 0 Å². The Balaban J connectivity index is 1.72. The van der Waals surface area contributed by atoms with Gasteiger partial charge in [-0.2, -0.15) is 0 Å². The Morgan fingerprint density at radius 1 is 1.38 bits per heavy atom. The van der Waals surface area contributed by atoms with E-state index in [1.807, 2.05) is 0 Å². The molecule has 0 aromatic rings. The van der Waals surface area contributed by atoms with Crippen molar-refractivity contribution in [2.45, 2.75) is 44.7 Å². The molecular formula is C11H22N2. The zero-order chi connectivity index (χ0) is 9.26. The largest absolute Gasteiger partial charge is 0.317 e. The highest BCUT2D eigenvalue weighted by atomic mass is 15.2. The molecule has 76 valence electrons. The van der Waals surface area contributed by atoms with Gasteiger partial charge < -0.3 is 5.32 Å². The van der Waals surface area contributed by atoms with Crippen molar-refractivity contribution in [2.24, 2.45) is 5.92 Å². The second kappa shape index (κ2) is 3.97. The molecule has 13 heavy (non-hydrogen) atoms. The molecule has 2 fully saturated rings. The molecular weight excluding hydrogens is 160 g/mol. The first-order valence-electron chi connectivity index (χ1n) is 5.74. The van der Waals surface area contributed by atoms with Gasteiger partial charge in [-0.3, -0.25) is 4.90 Å². The maximum atomic E-state index is 3.35. The van der Waals surface area contributed by atoms with Crippen LogP contribution in [0, 0.1) is 5.92 Å². The highest BCUT2D eigenvalue weighted by Crippen LogP contribution is 2.30. The third-order valence-electron chi connectivity index (χ3n) is 3.93. The van der Waals surface area contributed by atoms with Crippen molar-refractivity contribution in [2.75, 3.05) is 20.1 Å². The summed E-state index contributed by atoms with van der Waals surface area (Å²) in [5.41, 5.74) is 0. The number of hydrogen-bond acceptors (Lipinski definition) is 2. The Morgan fingerprint density at radius 2 is 2.15 bits per heavy atom. The smallest absolute Gasteiger partial charge is 0.0125 e. The highest BCUT2D eigenvalue weighted by Gasteiger charge is 2.35. The molecule has 0 spiro atoms. The van der Waals surface area contributed by atoms with Crippen LogP contribution in [0.1, 0.15) is 32.6 Å². The van der Waals surface area contributed by atoms with Gasteiger partial charge in [0.1, 0.15) is 0 Å². The van der Waals surface area contributed by atoms with Crippen molar-refractivity contribution >= 4 is 0 Å². The average molecular weight is 182 g/mol. The Hall–Kier alpha value is -0.0800. The predicted octanol–water partition coefficient (Wildman–Crippen LogP) is 1.47. The van der Waals surface area contributed by atoms with Gasteiger partial charge in [0.2, 0.25) is 0 Å². The molecule has 1 unspecified atom stereocenters. The van der Waals surface area contributed by atoms with E-state index in [0.29, 0.717) is 0 Å². The molecule has 2 nitrogen and oxygen atoms in total. The number of rotatable bonds is 3. The number of nitrogens with one attached hydrogen (secondary N) is 1. The van der Waals surface area contributed by atoms with E-state index in [1.165, 1.54) is 38.8 Å². The van der Waals surface area contributed by atoms with Crippen LogP contribution in [-0.4, -0.2) is 37.1 Å². The van der Waals surface area contributed by atoms with E-state index < -0.39 is 0 Å². The summed E-state index contributed by atoms with van der Waals surface area (Å²) < 4.78 is 0. The molecule has 0 bridgehead atoms. The van der Waals surface area contributed by atoms with Crippen molar-refractivity contribution in [3.63, 3.8) is 0 Å². The summed E-state index contributed by atoms with van der Waals surface area (Å²) >= 11 is 0. The van der Waals surface area contributed by atoms with E-state index in [0.717, 1.165) is 18.0 Å². The van der Waals surface area contributed by atoms with Crippen LogP contribution in [0.5, 0.6) is 0 Å². The van der Waals surface area contributed by atoms with E-state index in [2.05, 4.69) is 24.2 Å². The first-order chi connectivity index (χ1) is 6.33. The van der Waals surface area contributed by atoms with Gasteiger partial charge in [0, 0.05) is 18.6 Å². The number of likely N-dealkylation sites (tertiary alicyclic amines) is 1. The summed E-state index contributed by atoms with van der Waals surface area (Å²) in [6, 6.07) is 1.72. The summed E-state index contributed by atoms with van der Waals surface area (Å²) in [4.78, 5) is 2.71. The number of nitrogens with zero attached hydrogens (tertiary/aromatic N) is 1. The molecule has 0 radical (unpaired) electrons. The molecule has 1 heterocycles. The third-order valence-corrected chi connectivity index (χ3v) is 3.93. The third kappa shape index (κ3) is 1.89. The fraction of sp³-hybridized carbons (Fsp3) is 1.00. The maximum Gasteiger partial charge on any atom is 0.0125 e. The van der Waals surface area contributed by atoms with Crippen LogP contribution in [0.4, 0.5) is 0 Å². The number of hydrogen-bond donors (Lipinski definition) is 1. The summed E-state index contributed by atoms with van der Waals surface area (Å²) in [5.74, 6) is 0.994. The zero-order valence-corrected chi connectivity index (χ0v) is 8.92. The maximum absolute atomic E-state index is 3.35. The Kier molecular flexibility index (Phi) is 2.89. The van der Waals surface area contributed by atoms with Crippen molar-refractivity contribution in [3.05, 3.63) is 0 Å². The van der Waals surface area contributed by atoms with Crippen LogP contribution < -0.4 is 5.32 Å². The molecule has 0 aromatic heterocycles. The molecule has 2 heteroatoms. The second-order valence-electron chi connectivity index (χ2n) is 4.67. The van der Waals surface area contributed by atoms with Gasteiger partial charge in [0.05, 0.1) is 0 Å². The minimum absolute atomic E-state index is 0.811. The van der Waals surface area contributed by atoms with E-state index in [4.69, 9.17) is 0 Å². The highest BCUT2D eigenvalue weighted by molar-refractivity contribution is 4.93. The molecule has 1 saturated heterocycles. The van der Waals surface area contributed by atoms with Gasteiger partial charge >= 0.3 is 0 Å². The minimum Gasteiger partial charge on any atom is -0.317 e. The molecule has 1 saturated carbocycles. The van der Waals surface area contributed by atoms with Gasteiger partial charge in [-0.25, -0.2) is 0 Å². The van der Waals surface area contributed by atoms with Crippen LogP contribution >= 0.6 is 0 Å². The first-order valence-corrected chi connectivity index (χ1v) is 5.74. The normalized spacial score (nSPS) is 40.6. The zero-order valence-electron chi connectivity index (χ0n) is 8.92. The topological polar surface area (TPSA) is 15.3 Å². The van der Waals surface area contributed by atoms with E-state index >= 15 is 0 Å². The van der Waals surface area contributed by atoms with E-state index in [1.54, 1.807) is 0 Å². The van der Waals surface area contributed by atoms with Crippen LogP contribution in [0.25, 0.3) is 0 Å². The SMILES string of the molecule is CCC1CCN(C2CC(NC)C2)C1. The lowest BCUT2D eigenvalue weighted by molar-refractivity contribution is 0.120. The fourth-order valence-electron chi connectivity index (χ4n) is 2.65. The molecule has 1 aliphatic heterocycles. The van der Waals surface area contributed by atoms with Crippen LogP contribution in [0.15, 0.2) is 0 Å². The monoisotopic (exact) mass is 182 g/mol. The van der Waals surface area contributed by atoms with Crippen LogP contribution in [-0.2, 0) is 0 Å². The molecule has 1 atom stereocenters. The molecule has 0 aromatic carbocycles. The quantitative estimate of drug-likeness (QED) is 0.711. The standard InChI is InChI=1S/C11H22N2/c1-3-9-4-5-13(8-9)11-6-10(7-11)12-2/h9-12H,3-8H2,1-2H3. The van der Waals surface area contributed by atoms with Crippen molar-refractivity contribution in [1.29, 1.82) is 0 Å². The summed E-state index contributed by atoms with van der Waals surface area (Å²) in [5, 5.41) is 3.35. The predicted molar refractivity (Wildman–Crippen MR) is 55.8 cm³/mol. The Morgan fingerprint density at radius 3 is 2.69 bits per heavy atom. The summed E-state index contributed by atoms with van der Waals surface area (Å²) in [6.45, 7) is 5.06. The van der Waals surface area contributed by atoms with Crippen LogP contribution in [0.2, 0.25) is 0 Å². The van der Waals surface area contributed by atoms with Crippen LogP contribution in [0.3, 0.4) is 0 Å². The fourth-order valence-corrected chi connectivity index (χ4v) is 2.65. The van der Waals surface area contributed by atoms with Crippen molar-refractivity contribution in [3.8, 4) is 0 Å². The first kappa shape index (κ1) is 9.47. The van der Waals surface area contributed by atoms with E-state index in [9.17, 15) is 0 Å². The van der Waals surface area contributed by atoms with Crippen molar-refractivity contribution < 1.29 is 0 Å². The van der Waals surface area contributed by atoms with Gasteiger partial charge in [-0.15, -0.1) is 0 Å². The van der Waals surface area contributed by atoms with Gasteiger partial charge in [0.25, 0.3) is 0 Å². The molecule has 0 amide bonds. The average Bonchev–Trinajstić information content (AvgIpc) is 2.51. The molecule has 1 N–H and O–H groups in total. The summed E-state index contributed by atoms with van der Waals surface area (Å²) in [6.07, 6.45) is 5.58. The lowest BCUT2D eigenvalue weighted by Crippen LogP contribution is -2.50. The summed E-state index contributed by atoms with van der Waals surface area (Å²) in [7, 11) is 2.08. The molecule has 2 rings (SSSR count). The van der Waals surface area contributed by atoms with Gasteiger partial charge in [-0.05, 0) is 38.8 Å². The molecule has 1 aliphatic carbocycles. The Labute approximate surface area is 81.7 Å². The Bertz CT molecular complexity index is 163. The second-order valence-corrected chi connectivity index (χ2v) is 4.67.